The number of alkyl halides is 3. The number of nitrogens with zero attached hydrogens (tertiary/aromatic N) is 2. The highest BCUT2D eigenvalue weighted by Gasteiger charge is 2.35. The van der Waals surface area contributed by atoms with Crippen molar-refractivity contribution in [3.05, 3.63) is 65.7 Å². The molecule has 3 rings (SSSR count). The van der Waals surface area contributed by atoms with Gasteiger partial charge in [-0.2, -0.15) is 18.3 Å². The molecule has 0 aliphatic carbocycles. The first kappa shape index (κ1) is 16.0. The maximum atomic E-state index is 12.9. The summed E-state index contributed by atoms with van der Waals surface area (Å²) in [5.74, 6) is -1.18. The molecule has 1 heterocycles. The van der Waals surface area contributed by atoms with Gasteiger partial charge in [0.15, 0.2) is 0 Å². The van der Waals surface area contributed by atoms with Crippen LogP contribution < -0.4 is 5.01 Å². The molecule has 0 unspecified atom stereocenters. The van der Waals surface area contributed by atoms with E-state index < -0.39 is 23.8 Å². The van der Waals surface area contributed by atoms with E-state index in [-0.39, 0.29) is 17.8 Å². The molecule has 0 saturated heterocycles. The summed E-state index contributed by atoms with van der Waals surface area (Å²) >= 11 is 0. The minimum absolute atomic E-state index is 0.0822. The van der Waals surface area contributed by atoms with E-state index in [1.54, 1.807) is 24.3 Å². The Balaban J connectivity index is 2.03. The Hall–Kier alpha value is -2.83. The highest BCUT2D eigenvalue weighted by atomic mass is 19.4. The number of anilines is 1. The summed E-state index contributed by atoms with van der Waals surface area (Å²) in [6.07, 6.45) is -4.35. The van der Waals surface area contributed by atoms with Gasteiger partial charge in [-0.1, -0.05) is 36.4 Å². The first-order valence-corrected chi connectivity index (χ1v) is 7.18. The fraction of sp³-hybridized carbons (Fsp3) is 0.176. The fourth-order valence-corrected chi connectivity index (χ4v) is 2.64. The van der Waals surface area contributed by atoms with E-state index >= 15 is 0 Å². The lowest BCUT2D eigenvalue weighted by Gasteiger charge is -2.24. The van der Waals surface area contributed by atoms with Gasteiger partial charge in [0.1, 0.15) is 5.71 Å². The minimum atomic E-state index is -4.47. The SMILES string of the molecule is O=C(O)C1=NN(c2cccc(C(F)(F)F)c2)[C@H](c2ccccc2)C1. The van der Waals surface area contributed by atoms with Gasteiger partial charge in [0.05, 0.1) is 17.3 Å². The van der Waals surface area contributed by atoms with Crippen LogP contribution in [0.3, 0.4) is 0 Å². The highest BCUT2D eigenvalue weighted by Crippen LogP contribution is 2.38. The van der Waals surface area contributed by atoms with Crippen molar-refractivity contribution in [3.63, 3.8) is 0 Å². The molecule has 1 aliphatic rings. The number of benzene rings is 2. The predicted octanol–water partition coefficient (Wildman–Crippen LogP) is 4.10. The zero-order valence-corrected chi connectivity index (χ0v) is 12.4. The van der Waals surface area contributed by atoms with Crippen LogP contribution in [0.4, 0.5) is 18.9 Å². The molecule has 124 valence electrons. The van der Waals surface area contributed by atoms with Crippen molar-refractivity contribution in [2.45, 2.75) is 18.6 Å². The maximum Gasteiger partial charge on any atom is 0.416 e. The molecule has 2 aromatic carbocycles. The number of hydrazone groups is 1. The molecule has 0 saturated carbocycles. The predicted molar refractivity (Wildman–Crippen MR) is 82.8 cm³/mol. The summed E-state index contributed by atoms with van der Waals surface area (Å²) in [5, 5.41) is 14.6. The summed E-state index contributed by atoms with van der Waals surface area (Å²) in [6.45, 7) is 0. The Labute approximate surface area is 135 Å². The number of carbonyl (C=O) groups is 1. The average molecular weight is 334 g/mol. The molecule has 1 aliphatic heterocycles. The number of aliphatic carboxylic acids is 1. The van der Waals surface area contributed by atoms with Gasteiger partial charge in [-0.05, 0) is 23.8 Å². The summed E-state index contributed by atoms with van der Waals surface area (Å²) in [6, 6.07) is 13.2. The van der Waals surface area contributed by atoms with Gasteiger partial charge >= 0.3 is 12.1 Å². The molecule has 4 nitrogen and oxygen atoms in total. The van der Waals surface area contributed by atoms with Gasteiger partial charge in [0.2, 0.25) is 0 Å². The number of hydrogen-bond acceptors (Lipinski definition) is 3. The molecule has 0 bridgehead atoms. The topological polar surface area (TPSA) is 52.9 Å². The van der Waals surface area contributed by atoms with Crippen LogP contribution in [0.15, 0.2) is 59.7 Å². The molecule has 2 aromatic rings. The molecule has 0 radical (unpaired) electrons. The van der Waals surface area contributed by atoms with Gasteiger partial charge in [-0.3, -0.25) is 5.01 Å². The molecular weight excluding hydrogens is 321 g/mol. The van der Waals surface area contributed by atoms with Crippen LogP contribution in [0.2, 0.25) is 0 Å². The molecule has 7 heteroatoms. The van der Waals surface area contributed by atoms with Crippen molar-refractivity contribution in [1.29, 1.82) is 0 Å². The molecule has 1 N–H and O–H groups in total. The average Bonchev–Trinajstić information content (AvgIpc) is 3.01. The van der Waals surface area contributed by atoms with Crippen molar-refractivity contribution >= 4 is 17.4 Å². The number of halogens is 3. The molecule has 24 heavy (non-hydrogen) atoms. The van der Waals surface area contributed by atoms with E-state index in [0.717, 1.165) is 17.7 Å². The third kappa shape index (κ3) is 3.10. The zero-order valence-electron chi connectivity index (χ0n) is 12.4. The Kier molecular flexibility index (Phi) is 4.01. The van der Waals surface area contributed by atoms with Crippen molar-refractivity contribution in [3.8, 4) is 0 Å². The van der Waals surface area contributed by atoms with Crippen molar-refractivity contribution in [2.24, 2.45) is 5.10 Å². The standard InChI is InChI=1S/C17H13F3N2O2/c18-17(19,20)12-7-4-8-13(9-12)22-15(10-14(21-22)16(23)24)11-5-2-1-3-6-11/h1-9,15H,10H2,(H,23,24)/t15-/m0/s1. The van der Waals surface area contributed by atoms with Crippen LogP contribution in [-0.4, -0.2) is 16.8 Å². The Bertz CT molecular complexity index is 788. The van der Waals surface area contributed by atoms with Crippen LogP contribution in [-0.2, 0) is 11.0 Å². The molecule has 1 atom stereocenters. The lowest BCUT2D eigenvalue weighted by Crippen LogP contribution is -2.19. The molecule has 0 aromatic heterocycles. The van der Waals surface area contributed by atoms with Gasteiger partial charge in [0.25, 0.3) is 0 Å². The van der Waals surface area contributed by atoms with Crippen LogP contribution in [0.1, 0.15) is 23.6 Å². The van der Waals surface area contributed by atoms with Crippen LogP contribution in [0.25, 0.3) is 0 Å². The molecular formula is C17H13F3N2O2. The largest absolute Gasteiger partial charge is 0.477 e. The van der Waals surface area contributed by atoms with E-state index in [1.807, 2.05) is 6.07 Å². The van der Waals surface area contributed by atoms with Crippen LogP contribution in [0.5, 0.6) is 0 Å². The van der Waals surface area contributed by atoms with Crippen molar-refractivity contribution in [1.82, 2.24) is 0 Å². The van der Waals surface area contributed by atoms with Crippen LogP contribution in [0, 0.1) is 0 Å². The second-order valence-electron chi connectivity index (χ2n) is 5.38. The fourth-order valence-electron chi connectivity index (χ4n) is 2.64. The lowest BCUT2D eigenvalue weighted by atomic mass is 10.0. The van der Waals surface area contributed by atoms with E-state index in [9.17, 15) is 23.1 Å². The van der Waals surface area contributed by atoms with Gasteiger partial charge in [-0.15, -0.1) is 0 Å². The number of rotatable bonds is 3. The minimum Gasteiger partial charge on any atom is -0.477 e. The smallest absolute Gasteiger partial charge is 0.416 e. The zero-order chi connectivity index (χ0) is 17.3. The van der Waals surface area contributed by atoms with Crippen LogP contribution >= 0.6 is 0 Å². The number of carboxylic acid groups (broad SMARTS) is 1. The Morgan fingerprint density at radius 3 is 2.46 bits per heavy atom. The van der Waals surface area contributed by atoms with Gasteiger partial charge < -0.3 is 5.11 Å². The number of carboxylic acids is 1. The quantitative estimate of drug-likeness (QED) is 0.919. The third-order valence-corrected chi connectivity index (χ3v) is 3.78. The molecule has 0 fully saturated rings. The normalized spacial score (nSPS) is 17.7. The highest BCUT2D eigenvalue weighted by molar-refractivity contribution is 6.36. The van der Waals surface area contributed by atoms with E-state index in [1.165, 1.54) is 17.1 Å². The lowest BCUT2D eigenvalue weighted by molar-refractivity contribution is -0.137. The van der Waals surface area contributed by atoms with Crippen molar-refractivity contribution < 1.29 is 23.1 Å². The molecule has 0 amide bonds. The second-order valence-corrected chi connectivity index (χ2v) is 5.38. The summed E-state index contributed by atoms with van der Waals surface area (Å²) in [4.78, 5) is 11.2. The van der Waals surface area contributed by atoms with Gasteiger partial charge in [-0.25, -0.2) is 4.79 Å². The monoisotopic (exact) mass is 334 g/mol. The summed E-state index contributed by atoms with van der Waals surface area (Å²) in [7, 11) is 0. The van der Waals surface area contributed by atoms with Gasteiger partial charge in [0, 0.05) is 6.42 Å². The molecule has 0 spiro atoms. The third-order valence-electron chi connectivity index (χ3n) is 3.78. The Morgan fingerprint density at radius 1 is 1.12 bits per heavy atom. The van der Waals surface area contributed by atoms with E-state index in [4.69, 9.17) is 0 Å². The summed E-state index contributed by atoms with van der Waals surface area (Å²) < 4.78 is 38.8. The number of hydrogen-bond donors (Lipinski definition) is 1. The van der Waals surface area contributed by atoms with E-state index in [0.29, 0.717) is 0 Å². The van der Waals surface area contributed by atoms with Crippen molar-refractivity contribution in [2.75, 3.05) is 5.01 Å². The second kappa shape index (κ2) is 5.99. The Morgan fingerprint density at radius 2 is 1.83 bits per heavy atom. The van der Waals surface area contributed by atoms with E-state index in [2.05, 4.69) is 5.10 Å². The maximum absolute atomic E-state index is 12.9. The first-order chi connectivity index (χ1) is 11.4. The first-order valence-electron chi connectivity index (χ1n) is 7.18. The summed E-state index contributed by atoms with van der Waals surface area (Å²) in [5.41, 5.74) is 0.108.